The summed E-state index contributed by atoms with van der Waals surface area (Å²) in [6.45, 7) is 3.73. The van der Waals surface area contributed by atoms with Crippen LogP contribution in [0.3, 0.4) is 0 Å². The highest BCUT2D eigenvalue weighted by molar-refractivity contribution is 5.76. The molecular weight excluding hydrogens is 1020 g/mol. The molecule has 6 N–H and O–H groups in total. The van der Waals surface area contributed by atoms with E-state index in [2.05, 4.69) is 141 Å². The molecule has 0 radical (unpaired) electrons. The number of nitrogens with one attached hydrogen (secondary N) is 1. The maximum Gasteiger partial charge on any atom is 0.220 e. The summed E-state index contributed by atoms with van der Waals surface area (Å²) in [5.74, 6) is -0.161. The molecule has 82 heavy (non-hydrogen) atoms. The minimum Gasteiger partial charge on any atom is -0.394 e. The van der Waals surface area contributed by atoms with E-state index in [4.69, 9.17) is 9.47 Å². The lowest BCUT2D eigenvalue weighted by molar-refractivity contribution is -0.302. The van der Waals surface area contributed by atoms with Crippen LogP contribution in [0.5, 0.6) is 0 Å². The van der Waals surface area contributed by atoms with Crippen molar-refractivity contribution in [3.05, 3.63) is 122 Å². The van der Waals surface area contributed by atoms with Gasteiger partial charge in [0.15, 0.2) is 6.29 Å². The van der Waals surface area contributed by atoms with Crippen molar-refractivity contribution in [2.24, 2.45) is 0 Å². The predicted molar refractivity (Wildman–Crippen MR) is 350 cm³/mol. The molecule has 0 spiro atoms. The van der Waals surface area contributed by atoms with Crippen LogP contribution in [0, 0.1) is 0 Å². The first-order valence-corrected chi connectivity index (χ1v) is 33.7. The van der Waals surface area contributed by atoms with Crippen LogP contribution in [-0.2, 0) is 14.3 Å². The summed E-state index contributed by atoms with van der Waals surface area (Å²) in [6.07, 6.45) is 83.8. The normalized spacial score (nSPS) is 19.1. The Morgan fingerprint density at radius 3 is 1.12 bits per heavy atom. The van der Waals surface area contributed by atoms with Gasteiger partial charge in [0.1, 0.15) is 24.4 Å². The van der Waals surface area contributed by atoms with Crippen molar-refractivity contribution in [3.8, 4) is 0 Å². The van der Waals surface area contributed by atoms with Gasteiger partial charge in [0.2, 0.25) is 5.91 Å². The first-order chi connectivity index (χ1) is 40.3. The number of aliphatic hydroxyl groups excluding tert-OH is 5. The Hall–Kier alpha value is -3.41. The van der Waals surface area contributed by atoms with Gasteiger partial charge >= 0.3 is 0 Å². The Morgan fingerprint density at radius 2 is 0.756 bits per heavy atom. The standard InChI is InChI=1S/C73H125NO8/c1-3-5-7-9-11-13-15-17-19-21-23-25-27-28-29-30-31-32-33-34-35-36-37-38-39-40-41-43-45-47-49-51-53-55-57-59-61-63-69(77)74-66(65-81-73-72(80)71(79)70(78)68(64-75)82-73)67(76)62-60-58-56-54-52-50-48-46-44-42-26-24-22-20-18-16-14-12-10-8-6-4-2/h5,7,11,13,17,19,23,25,28-29,31-32,34-35,37-38,40-41,45,47,66-68,70-73,75-76,78-80H,3-4,6,8-10,12,14-16,18,20-22,24,26-27,30,33,36,39,42-44,46,48-65H2,1-2H3,(H,74,77)/b7-5-,13-11-,19-17-,25-23-,29-28-,32-31-,35-34-,38-37-,41-40-,47-45-. The van der Waals surface area contributed by atoms with Crippen LogP contribution < -0.4 is 5.32 Å². The lowest BCUT2D eigenvalue weighted by Gasteiger charge is -2.40. The number of allylic oxidation sites excluding steroid dienone is 20. The molecular formula is C73H125NO8. The zero-order valence-corrected chi connectivity index (χ0v) is 52.5. The van der Waals surface area contributed by atoms with Crippen LogP contribution in [0.25, 0.3) is 0 Å². The van der Waals surface area contributed by atoms with Gasteiger partial charge in [0, 0.05) is 6.42 Å². The fourth-order valence-corrected chi connectivity index (χ4v) is 10.1. The monoisotopic (exact) mass is 1140 g/mol. The molecule has 0 aromatic carbocycles. The van der Waals surface area contributed by atoms with Gasteiger partial charge < -0.3 is 40.3 Å². The lowest BCUT2D eigenvalue weighted by atomic mass is 9.99. The Morgan fingerprint density at radius 1 is 0.427 bits per heavy atom. The van der Waals surface area contributed by atoms with Crippen LogP contribution in [0.15, 0.2) is 122 Å². The highest BCUT2D eigenvalue weighted by Gasteiger charge is 2.44. The first-order valence-electron chi connectivity index (χ1n) is 33.7. The van der Waals surface area contributed by atoms with E-state index in [-0.39, 0.29) is 12.5 Å². The topological polar surface area (TPSA) is 149 Å². The minimum absolute atomic E-state index is 0.150. The number of hydrogen-bond acceptors (Lipinski definition) is 8. The second kappa shape index (κ2) is 60.7. The fourth-order valence-electron chi connectivity index (χ4n) is 10.1. The van der Waals surface area contributed by atoms with Crippen LogP contribution in [0.1, 0.15) is 277 Å². The fraction of sp³-hybridized carbons (Fsp3) is 0.712. The maximum absolute atomic E-state index is 13.1. The Kier molecular flexibility index (Phi) is 56.7. The van der Waals surface area contributed by atoms with Gasteiger partial charge in [-0.1, -0.05) is 302 Å². The Bertz CT molecular complexity index is 1710. The van der Waals surface area contributed by atoms with Gasteiger partial charge in [0.05, 0.1) is 25.4 Å². The van der Waals surface area contributed by atoms with Crippen molar-refractivity contribution in [3.63, 3.8) is 0 Å². The molecule has 7 unspecified atom stereocenters. The van der Waals surface area contributed by atoms with Crippen molar-refractivity contribution in [1.29, 1.82) is 0 Å². The highest BCUT2D eigenvalue weighted by atomic mass is 16.7. The van der Waals surface area contributed by atoms with Crippen LogP contribution in [0.2, 0.25) is 0 Å². The molecule has 1 amide bonds. The number of rotatable bonds is 57. The van der Waals surface area contributed by atoms with Crippen molar-refractivity contribution >= 4 is 5.91 Å². The van der Waals surface area contributed by atoms with E-state index in [9.17, 15) is 30.3 Å². The summed E-state index contributed by atoms with van der Waals surface area (Å²) in [6, 6.07) is -0.737. The largest absolute Gasteiger partial charge is 0.394 e. The third kappa shape index (κ3) is 48.9. The molecule has 1 saturated heterocycles. The molecule has 9 nitrogen and oxygen atoms in total. The summed E-state index contributed by atoms with van der Waals surface area (Å²) in [7, 11) is 0. The lowest BCUT2D eigenvalue weighted by Crippen LogP contribution is -2.60. The van der Waals surface area contributed by atoms with Crippen LogP contribution in [0.4, 0.5) is 0 Å². The molecule has 1 aliphatic heterocycles. The van der Waals surface area contributed by atoms with Crippen molar-refractivity contribution in [2.75, 3.05) is 13.2 Å². The molecule has 1 aliphatic rings. The van der Waals surface area contributed by atoms with E-state index < -0.39 is 49.5 Å². The quantitative estimate of drug-likeness (QED) is 0.0261. The van der Waals surface area contributed by atoms with E-state index in [1.165, 1.54) is 122 Å². The van der Waals surface area contributed by atoms with Gasteiger partial charge in [0.25, 0.3) is 0 Å². The van der Waals surface area contributed by atoms with E-state index in [1.807, 2.05) is 0 Å². The molecule has 0 aromatic heterocycles. The number of aliphatic hydroxyl groups is 5. The predicted octanol–water partition coefficient (Wildman–Crippen LogP) is 18.2. The average Bonchev–Trinajstić information content (AvgIpc) is 3.59. The maximum atomic E-state index is 13.1. The minimum atomic E-state index is -1.56. The van der Waals surface area contributed by atoms with Gasteiger partial charge in [-0.15, -0.1) is 0 Å². The summed E-state index contributed by atoms with van der Waals surface area (Å²) in [4.78, 5) is 13.1. The number of amides is 1. The number of carbonyl (C=O) groups excluding carboxylic acids is 1. The summed E-state index contributed by atoms with van der Waals surface area (Å²) < 4.78 is 11.3. The summed E-state index contributed by atoms with van der Waals surface area (Å²) in [5.41, 5.74) is 0. The average molecular weight is 1140 g/mol. The van der Waals surface area contributed by atoms with E-state index in [0.717, 1.165) is 128 Å². The van der Waals surface area contributed by atoms with Gasteiger partial charge in [-0.05, 0) is 89.9 Å². The van der Waals surface area contributed by atoms with E-state index in [0.29, 0.717) is 12.8 Å². The molecule has 1 rings (SSSR count). The Balaban J connectivity index is 2.18. The number of ether oxygens (including phenoxy) is 2. The molecule has 0 saturated carbocycles. The smallest absolute Gasteiger partial charge is 0.220 e. The Labute approximate surface area is 503 Å². The first kappa shape index (κ1) is 76.6. The van der Waals surface area contributed by atoms with Crippen molar-refractivity contribution in [2.45, 2.75) is 320 Å². The molecule has 470 valence electrons. The number of hydrogen-bond donors (Lipinski definition) is 6. The second-order valence-corrected chi connectivity index (χ2v) is 22.9. The number of unbranched alkanes of at least 4 members (excludes halogenated alkanes) is 27. The third-order valence-corrected chi connectivity index (χ3v) is 15.3. The molecule has 1 heterocycles. The van der Waals surface area contributed by atoms with Crippen molar-refractivity contribution in [1.82, 2.24) is 5.32 Å². The van der Waals surface area contributed by atoms with Gasteiger partial charge in [-0.2, -0.15) is 0 Å². The third-order valence-electron chi connectivity index (χ3n) is 15.3. The molecule has 0 aliphatic carbocycles. The van der Waals surface area contributed by atoms with Crippen LogP contribution in [-0.4, -0.2) is 87.5 Å². The van der Waals surface area contributed by atoms with Gasteiger partial charge in [-0.25, -0.2) is 0 Å². The van der Waals surface area contributed by atoms with Crippen molar-refractivity contribution < 1.29 is 39.8 Å². The zero-order valence-electron chi connectivity index (χ0n) is 52.5. The van der Waals surface area contributed by atoms with Crippen LogP contribution >= 0.6 is 0 Å². The molecule has 9 heteroatoms. The number of carbonyl (C=O) groups is 1. The SMILES string of the molecule is CC/C=C\C/C=C\C/C=C\C/C=C\C/C=C\C/C=C\C/C=C\C/C=C\C/C=C\C/C=C\CCCCCCCCC(=O)NC(COC1OC(CO)C(O)C(O)C1O)C(O)CCCCCCCCCCCCCCCCCCCCCCCC. The summed E-state index contributed by atoms with van der Waals surface area (Å²) >= 11 is 0. The molecule has 0 bridgehead atoms. The highest BCUT2D eigenvalue weighted by Crippen LogP contribution is 2.23. The second-order valence-electron chi connectivity index (χ2n) is 22.9. The van der Waals surface area contributed by atoms with E-state index in [1.54, 1.807) is 0 Å². The molecule has 1 fully saturated rings. The summed E-state index contributed by atoms with van der Waals surface area (Å²) in [5, 5.41) is 54.9. The molecule has 0 aromatic rings. The van der Waals surface area contributed by atoms with Gasteiger partial charge in [-0.3, -0.25) is 4.79 Å². The zero-order chi connectivity index (χ0) is 59.3. The van der Waals surface area contributed by atoms with E-state index >= 15 is 0 Å². The molecule has 7 atom stereocenters.